The highest BCUT2D eigenvalue weighted by Gasteiger charge is 2.15. The fourth-order valence-electron chi connectivity index (χ4n) is 3.35. The summed E-state index contributed by atoms with van der Waals surface area (Å²) in [5.41, 5.74) is 2.30. The predicted octanol–water partition coefficient (Wildman–Crippen LogP) is 4.56. The summed E-state index contributed by atoms with van der Waals surface area (Å²) < 4.78 is 0. The summed E-state index contributed by atoms with van der Waals surface area (Å²) >= 11 is 0. The third-order valence-electron chi connectivity index (χ3n) is 4.68. The Kier molecular flexibility index (Phi) is 5.68. The minimum Gasteiger partial charge on any atom is -0.367 e. The molecule has 1 aromatic heterocycles. The van der Waals surface area contributed by atoms with Gasteiger partial charge in [0.05, 0.1) is 0 Å². The standard InChI is InChI=1S/C20H28N4/c1-3-24(15-17-10-6-4-7-11-17)20-21-16(2)14-19(23-20)22-18-12-8-5-9-13-18/h4,6-7,10-11,14,18H,3,5,8-9,12-13,15H2,1-2H3,(H,21,22,23). The van der Waals surface area contributed by atoms with Crippen molar-refractivity contribution in [3.8, 4) is 0 Å². The van der Waals surface area contributed by atoms with E-state index in [9.17, 15) is 0 Å². The number of aromatic nitrogens is 2. The molecule has 3 rings (SSSR count). The van der Waals surface area contributed by atoms with E-state index in [0.717, 1.165) is 30.5 Å². The van der Waals surface area contributed by atoms with Gasteiger partial charge in [-0.25, -0.2) is 4.98 Å². The summed E-state index contributed by atoms with van der Waals surface area (Å²) in [5.74, 6) is 1.79. The lowest BCUT2D eigenvalue weighted by Gasteiger charge is -2.25. The van der Waals surface area contributed by atoms with Gasteiger partial charge in [-0.1, -0.05) is 49.6 Å². The molecular formula is C20H28N4. The van der Waals surface area contributed by atoms with Gasteiger partial charge in [0.15, 0.2) is 0 Å². The Morgan fingerprint density at radius 1 is 1.08 bits per heavy atom. The van der Waals surface area contributed by atoms with Crippen molar-refractivity contribution in [3.63, 3.8) is 0 Å². The van der Waals surface area contributed by atoms with Crippen molar-refractivity contribution in [2.24, 2.45) is 0 Å². The number of nitrogens with zero attached hydrogens (tertiary/aromatic N) is 3. The molecule has 1 aromatic carbocycles. The van der Waals surface area contributed by atoms with E-state index in [2.05, 4.69) is 58.5 Å². The van der Waals surface area contributed by atoms with Crippen LogP contribution in [0.5, 0.6) is 0 Å². The molecule has 0 aliphatic heterocycles. The molecule has 0 amide bonds. The lowest BCUT2D eigenvalue weighted by atomic mass is 9.95. The molecule has 2 aromatic rings. The van der Waals surface area contributed by atoms with E-state index in [1.807, 2.05) is 6.92 Å². The number of rotatable bonds is 6. The van der Waals surface area contributed by atoms with E-state index in [4.69, 9.17) is 4.98 Å². The zero-order chi connectivity index (χ0) is 16.8. The van der Waals surface area contributed by atoms with Gasteiger partial charge in [0.1, 0.15) is 5.82 Å². The highest BCUT2D eigenvalue weighted by molar-refractivity contribution is 5.44. The summed E-state index contributed by atoms with van der Waals surface area (Å²) in [5, 5.41) is 3.63. The first kappa shape index (κ1) is 16.7. The van der Waals surface area contributed by atoms with Gasteiger partial charge in [-0.2, -0.15) is 4.98 Å². The highest BCUT2D eigenvalue weighted by atomic mass is 15.3. The van der Waals surface area contributed by atoms with Crippen LogP contribution in [0.15, 0.2) is 36.4 Å². The van der Waals surface area contributed by atoms with Gasteiger partial charge in [0.2, 0.25) is 5.95 Å². The molecule has 0 atom stereocenters. The number of anilines is 2. The van der Waals surface area contributed by atoms with Crippen LogP contribution < -0.4 is 10.2 Å². The first-order chi connectivity index (χ1) is 11.7. The maximum Gasteiger partial charge on any atom is 0.227 e. The fraction of sp³-hybridized carbons (Fsp3) is 0.500. The molecule has 128 valence electrons. The lowest BCUT2D eigenvalue weighted by Crippen LogP contribution is -2.26. The van der Waals surface area contributed by atoms with Crippen LogP contribution >= 0.6 is 0 Å². The van der Waals surface area contributed by atoms with Gasteiger partial charge in [-0.3, -0.25) is 0 Å². The topological polar surface area (TPSA) is 41.1 Å². The molecule has 1 saturated carbocycles. The number of hydrogen-bond donors (Lipinski definition) is 1. The molecule has 0 spiro atoms. The van der Waals surface area contributed by atoms with Gasteiger partial charge < -0.3 is 10.2 Å². The minimum atomic E-state index is 0.560. The van der Waals surface area contributed by atoms with E-state index < -0.39 is 0 Å². The second kappa shape index (κ2) is 8.13. The van der Waals surface area contributed by atoms with Crippen LogP contribution in [0.25, 0.3) is 0 Å². The Balaban J connectivity index is 1.75. The van der Waals surface area contributed by atoms with E-state index in [-0.39, 0.29) is 0 Å². The molecule has 0 radical (unpaired) electrons. The van der Waals surface area contributed by atoms with Gasteiger partial charge in [0, 0.05) is 30.9 Å². The second-order valence-electron chi connectivity index (χ2n) is 6.67. The Hall–Kier alpha value is -2.10. The summed E-state index contributed by atoms with van der Waals surface area (Å²) in [7, 11) is 0. The minimum absolute atomic E-state index is 0.560. The summed E-state index contributed by atoms with van der Waals surface area (Å²) in [6, 6.07) is 13.1. The summed E-state index contributed by atoms with van der Waals surface area (Å²) in [6.07, 6.45) is 6.51. The normalized spacial score (nSPS) is 15.2. The maximum atomic E-state index is 4.80. The first-order valence-corrected chi connectivity index (χ1v) is 9.15. The molecule has 1 aliphatic carbocycles. The monoisotopic (exact) mass is 324 g/mol. The van der Waals surface area contributed by atoms with Gasteiger partial charge >= 0.3 is 0 Å². The third-order valence-corrected chi connectivity index (χ3v) is 4.68. The molecule has 4 heteroatoms. The van der Waals surface area contributed by atoms with E-state index in [1.54, 1.807) is 0 Å². The molecule has 1 aliphatic rings. The fourth-order valence-corrected chi connectivity index (χ4v) is 3.35. The van der Waals surface area contributed by atoms with Crippen LogP contribution in [0.3, 0.4) is 0 Å². The zero-order valence-corrected chi connectivity index (χ0v) is 14.8. The van der Waals surface area contributed by atoms with Crippen molar-refractivity contribution in [2.75, 3.05) is 16.8 Å². The first-order valence-electron chi connectivity index (χ1n) is 9.15. The van der Waals surface area contributed by atoms with E-state index in [1.165, 1.54) is 37.7 Å². The third kappa shape index (κ3) is 4.47. The summed E-state index contributed by atoms with van der Waals surface area (Å²) in [6.45, 7) is 5.93. The highest BCUT2D eigenvalue weighted by Crippen LogP contribution is 2.22. The quantitative estimate of drug-likeness (QED) is 0.846. The number of benzene rings is 1. The smallest absolute Gasteiger partial charge is 0.227 e. The van der Waals surface area contributed by atoms with E-state index >= 15 is 0 Å². The van der Waals surface area contributed by atoms with Crippen LogP contribution in [0.2, 0.25) is 0 Å². The molecule has 1 N–H and O–H groups in total. The number of aryl methyl sites for hydroxylation is 1. The van der Waals surface area contributed by atoms with Crippen molar-refractivity contribution in [3.05, 3.63) is 47.7 Å². The molecule has 24 heavy (non-hydrogen) atoms. The molecule has 0 saturated heterocycles. The molecular weight excluding hydrogens is 296 g/mol. The van der Waals surface area contributed by atoms with Crippen molar-refractivity contribution in [1.29, 1.82) is 0 Å². The van der Waals surface area contributed by atoms with Crippen molar-refractivity contribution in [2.45, 2.75) is 58.5 Å². The number of nitrogens with one attached hydrogen (secondary N) is 1. The van der Waals surface area contributed by atoms with Crippen molar-refractivity contribution < 1.29 is 0 Å². The maximum absolute atomic E-state index is 4.80. The number of hydrogen-bond acceptors (Lipinski definition) is 4. The lowest BCUT2D eigenvalue weighted by molar-refractivity contribution is 0.462. The van der Waals surface area contributed by atoms with Gasteiger partial charge in [-0.15, -0.1) is 0 Å². The zero-order valence-electron chi connectivity index (χ0n) is 14.8. The van der Waals surface area contributed by atoms with Crippen LogP contribution in [0.4, 0.5) is 11.8 Å². The Morgan fingerprint density at radius 2 is 1.83 bits per heavy atom. The molecule has 0 bridgehead atoms. The van der Waals surface area contributed by atoms with Gasteiger partial charge in [0.25, 0.3) is 0 Å². The van der Waals surface area contributed by atoms with Crippen molar-refractivity contribution in [1.82, 2.24) is 9.97 Å². The molecule has 1 heterocycles. The Morgan fingerprint density at radius 3 is 2.54 bits per heavy atom. The SMILES string of the molecule is CCN(Cc1ccccc1)c1nc(C)cc(NC2CCCCC2)n1. The molecule has 1 fully saturated rings. The van der Waals surface area contributed by atoms with Crippen molar-refractivity contribution >= 4 is 11.8 Å². The van der Waals surface area contributed by atoms with Crippen LogP contribution in [-0.4, -0.2) is 22.6 Å². The summed E-state index contributed by atoms with van der Waals surface area (Å²) in [4.78, 5) is 11.7. The molecule has 0 unspecified atom stereocenters. The Bertz CT molecular complexity index is 635. The molecule has 4 nitrogen and oxygen atoms in total. The average molecular weight is 324 g/mol. The van der Waals surface area contributed by atoms with Gasteiger partial charge in [-0.05, 0) is 32.3 Å². The van der Waals surface area contributed by atoms with Crippen LogP contribution in [-0.2, 0) is 6.54 Å². The predicted molar refractivity (Wildman–Crippen MR) is 100 cm³/mol. The van der Waals surface area contributed by atoms with Crippen LogP contribution in [0, 0.1) is 6.92 Å². The second-order valence-corrected chi connectivity index (χ2v) is 6.67. The van der Waals surface area contributed by atoms with Crippen LogP contribution in [0.1, 0.15) is 50.3 Å². The Labute approximate surface area is 145 Å². The average Bonchev–Trinajstić information content (AvgIpc) is 2.61. The van der Waals surface area contributed by atoms with E-state index in [0.29, 0.717) is 6.04 Å². The largest absolute Gasteiger partial charge is 0.367 e.